The lowest BCUT2D eigenvalue weighted by Gasteiger charge is -2.55. The van der Waals surface area contributed by atoms with Crippen molar-refractivity contribution < 1.29 is 37.8 Å². The van der Waals surface area contributed by atoms with Gasteiger partial charge in [0.25, 0.3) is 5.79 Å². The molecule has 1 aliphatic rings. The first-order valence-electron chi connectivity index (χ1n) is 25.5. The lowest BCUT2D eigenvalue weighted by molar-refractivity contribution is -0.458. The minimum absolute atomic E-state index is 0.272. The van der Waals surface area contributed by atoms with E-state index in [1.807, 2.05) is 6.08 Å². The lowest BCUT2D eigenvalue weighted by atomic mass is 9.85. The third kappa shape index (κ3) is 20.2. The molecule has 1 aliphatic carbocycles. The quantitative estimate of drug-likeness (QED) is 0.0197. The monoisotopic (exact) mass is 868 g/mol. The van der Waals surface area contributed by atoms with Crippen LogP contribution in [0.5, 0.6) is 0 Å². The van der Waals surface area contributed by atoms with E-state index in [0.717, 1.165) is 186 Å². The van der Waals surface area contributed by atoms with Crippen LogP contribution < -0.4 is 0 Å². The molecule has 3 unspecified atom stereocenters. The molecule has 0 fully saturated rings. The van der Waals surface area contributed by atoms with Crippen molar-refractivity contribution in [2.24, 2.45) is 0 Å². The summed E-state index contributed by atoms with van der Waals surface area (Å²) in [4.78, 5) is 13.9. The Hall–Kier alpha value is -0.990. The Morgan fingerprint density at radius 1 is 0.483 bits per heavy atom. The van der Waals surface area contributed by atoms with Gasteiger partial charge in [-0.15, -0.1) is 0 Å². The number of carbonyl (C=O) groups is 1. The van der Waals surface area contributed by atoms with Gasteiger partial charge in [0.05, 0.1) is 33.0 Å². The molecule has 8 nitrogen and oxygen atoms in total. The SMILES string of the molecule is C=CC(=O)[P+](=O)C1(OCCCCCCC)C=CC(OCCCCCCC)C(OCCCCCCC)(OCCCCCCC)C1(OCCCCCCC)OCCCCCCC. The summed E-state index contributed by atoms with van der Waals surface area (Å²) in [5.41, 5.74) is -0.605. The van der Waals surface area contributed by atoms with E-state index >= 15 is 4.57 Å². The van der Waals surface area contributed by atoms with Crippen LogP contribution in [0, 0.1) is 0 Å². The number of hydrogen-bond donors (Lipinski definition) is 0. The van der Waals surface area contributed by atoms with Crippen LogP contribution in [-0.2, 0) is 37.8 Å². The molecule has 1 rings (SSSR count). The van der Waals surface area contributed by atoms with Crippen molar-refractivity contribution in [3.05, 3.63) is 24.8 Å². The van der Waals surface area contributed by atoms with Crippen LogP contribution in [0.25, 0.3) is 0 Å². The average Bonchev–Trinajstić information content (AvgIpc) is 3.26. The summed E-state index contributed by atoms with van der Waals surface area (Å²) in [5, 5.41) is -1.86. The molecular formula is C51H96O8P+. The largest absolute Gasteiger partial charge is 0.464 e. The van der Waals surface area contributed by atoms with Gasteiger partial charge in [0.15, 0.2) is 0 Å². The molecule has 0 radical (unpaired) electrons. The van der Waals surface area contributed by atoms with Gasteiger partial charge in [-0.25, -0.2) is 4.79 Å². The van der Waals surface area contributed by atoms with Gasteiger partial charge >= 0.3 is 24.5 Å². The van der Waals surface area contributed by atoms with E-state index in [0.29, 0.717) is 33.0 Å². The average molecular weight is 868 g/mol. The number of hydrogen-bond acceptors (Lipinski definition) is 8. The summed E-state index contributed by atoms with van der Waals surface area (Å²) < 4.78 is 58.4. The highest BCUT2D eigenvalue weighted by atomic mass is 31.1. The van der Waals surface area contributed by atoms with Crippen molar-refractivity contribution in [3.63, 3.8) is 0 Å². The maximum absolute atomic E-state index is 15.3. The predicted molar refractivity (Wildman–Crippen MR) is 252 cm³/mol. The van der Waals surface area contributed by atoms with Crippen LogP contribution in [0.15, 0.2) is 24.8 Å². The van der Waals surface area contributed by atoms with E-state index in [-0.39, 0.29) is 6.61 Å². The van der Waals surface area contributed by atoms with Crippen molar-refractivity contribution in [1.29, 1.82) is 0 Å². The zero-order valence-electron chi connectivity index (χ0n) is 40.2. The Kier molecular flexibility index (Phi) is 35.5. The van der Waals surface area contributed by atoms with E-state index in [2.05, 4.69) is 48.1 Å². The number of carbonyl (C=O) groups excluding carboxylic acids is 1. The molecular weight excluding hydrogens is 772 g/mol. The lowest BCUT2D eigenvalue weighted by Crippen LogP contribution is -2.77. The second kappa shape index (κ2) is 37.4. The molecule has 0 amide bonds. The summed E-state index contributed by atoms with van der Waals surface area (Å²) >= 11 is 0. The standard InChI is InChI=1S/C51H96O8P/c1-8-15-21-27-33-41-54-47-39-40-49(60(53)48(52)14-7,55-42-34-28-22-16-9-2)51(58-45-37-31-25-19-12-5,59-46-38-32-26-20-13-6)50(47,56-43-35-29-23-17-10-3)57-44-36-30-24-18-11-4/h14,39-40,47H,7-13,15-38,41-46H2,1-6H3/q+1. The molecule has 0 saturated heterocycles. The van der Waals surface area contributed by atoms with Crippen molar-refractivity contribution in [1.82, 2.24) is 0 Å². The van der Waals surface area contributed by atoms with E-state index in [4.69, 9.17) is 28.4 Å². The fourth-order valence-electron chi connectivity index (χ4n) is 8.10. The maximum Gasteiger partial charge on any atom is 0.464 e. The van der Waals surface area contributed by atoms with E-state index in [1.165, 1.54) is 12.8 Å². The predicted octanol–water partition coefficient (Wildman–Crippen LogP) is 15.5. The molecule has 0 bridgehead atoms. The molecule has 9 heteroatoms. The number of unbranched alkanes of at least 4 members (excludes halogenated alkanes) is 24. The Labute approximate surface area is 371 Å². The van der Waals surface area contributed by atoms with Gasteiger partial charge in [0, 0.05) is 18.8 Å². The van der Waals surface area contributed by atoms with E-state index in [9.17, 15) is 4.79 Å². The van der Waals surface area contributed by atoms with Crippen LogP contribution in [0.3, 0.4) is 0 Å². The molecule has 60 heavy (non-hydrogen) atoms. The van der Waals surface area contributed by atoms with E-state index < -0.39 is 36.3 Å². The van der Waals surface area contributed by atoms with Gasteiger partial charge < -0.3 is 28.4 Å². The van der Waals surface area contributed by atoms with Crippen molar-refractivity contribution in [2.75, 3.05) is 39.6 Å². The van der Waals surface area contributed by atoms with Gasteiger partial charge in [0.2, 0.25) is 0 Å². The third-order valence-electron chi connectivity index (χ3n) is 11.8. The topological polar surface area (TPSA) is 89.5 Å². The molecule has 0 saturated carbocycles. The van der Waals surface area contributed by atoms with Crippen molar-refractivity contribution in [2.45, 2.75) is 257 Å². The van der Waals surface area contributed by atoms with Crippen LogP contribution in [-0.4, -0.2) is 68.2 Å². The van der Waals surface area contributed by atoms with Crippen LogP contribution in [0.1, 0.15) is 234 Å². The summed E-state index contributed by atoms with van der Waals surface area (Å²) in [7, 11) is -2.86. The molecule has 0 heterocycles. The zero-order valence-corrected chi connectivity index (χ0v) is 41.1. The second-order valence-electron chi connectivity index (χ2n) is 17.2. The molecule has 0 N–H and O–H groups in total. The third-order valence-corrected chi connectivity index (χ3v) is 13.6. The fraction of sp³-hybridized carbons (Fsp3) is 0.902. The maximum atomic E-state index is 15.3. The minimum Gasteiger partial charge on any atom is -0.368 e. The Morgan fingerprint density at radius 3 is 1.15 bits per heavy atom. The summed E-state index contributed by atoms with van der Waals surface area (Å²) in [5.74, 6) is -3.65. The minimum atomic E-state index is -2.86. The highest BCUT2D eigenvalue weighted by Gasteiger charge is 2.82. The highest BCUT2D eigenvalue weighted by Crippen LogP contribution is 2.60. The Morgan fingerprint density at radius 2 is 0.800 bits per heavy atom. The molecule has 0 aromatic heterocycles. The summed E-state index contributed by atoms with van der Waals surface area (Å²) in [6.45, 7) is 19.2. The number of allylic oxidation sites excluding steroid dienone is 1. The van der Waals surface area contributed by atoms with Gasteiger partial charge in [-0.3, -0.25) is 0 Å². The second-order valence-corrected chi connectivity index (χ2v) is 18.9. The summed E-state index contributed by atoms with van der Waals surface area (Å²) in [6.07, 6.45) is 35.3. The van der Waals surface area contributed by atoms with Crippen molar-refractivity contribution in [3.8, 4) is 0 Å². The van der Waals surface area contributed by atoms with E-state index in [1.54, 1.807) is 6.08 Å². The first kappa shape index (κ1) is 57.0. The normalized spacial score (nSPS) is 18.6. The number of rotatable bonds is 45. The molecule has 352 valence electrons. The van der Waals surface area contributed by atoms with Gasteiger partial charge in [-0.05, 0) is 44.6 Å². The fourth-order valence-corrected chi connectivity index (χ4v) is 9.58. The van der Waals surface area contributed by atoms with Gasteiger partial charge in [0.1, 0.15) is 6.10 Å². The van der Waals surface area contributed by atoms with Gasteiger partial charge in [-0.2, -0.15) is 0 Å². The Bertz CT molecular complexity index is 1050. The van der Waals surface area contributed by atoms with Gasteiger partial charge in [-0.1, -0.05) is 207 Å². The number of ether oxygens (including phenoxy) is 6. The molecule has 3 atom stereocenters. The molecule has 0 aromatic rings. The highest BCUT2D eigenvalue weighted by molar-refractivity contribution is 7.66. The molecule has 0 aliphatic heterocycles. The summed E-state index contributed by atoms with van der Waals surface area (Å²) in [6, 6.07) is 0. The van der Waals surface area contributed by atoms with Crippen LogP contribution in [0.4, 0.5) is 0 Å². The Balaban J connectivity index is 4.17. The molecule has 0 spiro atoms. The molecule has 0 aromatic carbocycles. The zero-order chi connectivity index (χ0) is 44.1. The van der Waals surface area contributed by atoms with Crippen LogP contribution >= 0.6 is 7.80 Å². The first-order chi connectivity index (χ1) is 29.4. The first-order valence-corrected chi connectivity index (χ1v) is 26.8. The smallest absolute Gasteiger partial charge is 0.368 e. The van der Waals surface area contributed by atoms with Crippen LogP contribution in [0.2, 0.25) is 0 Å². The van der Waals surface area contributed by atoms with Crippen molar-refractivity contribution >= 4 is 13.3 Å².